The van der Waals surface area contributed by atoms with Gasteiger partial charge >= 0.3 is 0 Å². The fourth-order valence-corrected chi connectivity index (χ4v) is 8.63. The van der Waals surface area contributed by atoms with E-state index in [9.17, 15) is 30.3 Å². The van der Waals surface area contributed by atoms with Crippen molar-refractivity contribution in [3.63, 3.8) is 0 Å². The van der Waals surface area contributed by atoms with Crippen LogP contribution in [0.3, 0.4) is 0 Å². The lowest BCUT2D eigenvalue weighted by molar-refractivity contribution is -0.302. The molecule has 0 bridgehead atoms. The standard InChI is InChI=1S/C52H101NO8/c1-3-5-7-9-11-13-15-17-19-20-21-22-23-24-25-26-28-30-32-34-36-38-40-42-48(56)53-45(44-60-52-51(59)50(58)49(57)47(43-54)61-52)46(55)41-39-37-35-33-31-29-27-18-16-14-12-10-8-6-4-2/h20-21,45-47,49-52,54-55,57-59H,3-19,22-44H2,1-2H3,(H,53,56)/b21-20-. The van der Waals surface area contributed by atoms with Crippen LogP contribution in [-0.2, 0) is 14.3 Å². The maximum atomic E-state index is 13.0. The first-order valence-electron chi connectivity index (χ1n) is 26.4. The summed E-state index contributed by atoms with van der Waals surface area (Å²) >= 11 is 0. The van der Waals surface area contributed by atoms with Gasteiger partial charge in [0.25, 0.3) is 0 Å². The molecule has 0 radical (unpaired) electrons. The van der Waals surface area contributed by atoms with Gasteiger partial charge in [-0.05, 0) is 38.5 Å². The Morgan fingerprint density at radius 2 is 0.918 bits per heavy atom. The zero-order valence-corrected chi connectivity index (χ0v) is 39.9. The predicted octanol–water partition coefficient (Wildman–Crippen LogP) is 12.1. The molecular formula is C52H101NO8. The third kappa shape index (κ3) is 33.1. The lowest BCUT2D eigenvalue weighted by Crippen LogP contribution is -2.60. The molecule has 362 valence electrons. The van der Waals surface area contributed by atoms with Crippen molar-refractivity contribution < 1.29 is 39.8 Å². The van der Waals surface area contributed by atoms with Gasteiger partial charge in [-0.3, -0.25) is 4.79 Å². The van der Waals surface area contributed by atoms with Crippen LogP contribution >= 0.6 is 0 Å². The van der Waals surface area contributed by atoms with Crippen molar-refractivity contribution in [2.75, 3.05) is 13.2 Å². The van der Waals surface area contributed by atoms with E-state index in [2.05, 4.69) is 31.3 Å². The number of rotatable bonds is 45. The van der Waals surface area contributed by atoms with Crippen LogP contribution in [0.4, 0.5) is 0 Å². The molecule has 1 fully saturated rings. The van der Waals surface area contributed by atoms with Crippen molar-refractivity contribution in [3.8, 4) is 0 Å². The van der Waals surface area contributed by atoms with Gasteiger partial charge in [-0.2, -0.15) is 0 Å². The van der Waals surface area contributed by atoms with Gasteiger partial charge < -0.3 is 40.3 Å². The van der Waals surface area contributed by atoms with Gasteiger partial charge in [0.05, 0.1) is 25.4 Å². The summed E-state index contributed by atoms with van der Waals surface area (Å²) in [4.78, 5) is 13.0. The number of carbonyl (C=O) groups excluding carboxylic acids is 1. The zero-order chi connectivity index (χ0) is 44.4. The van der Waals surface area contributed by atoms with Gasteiger partial charge in [-0.1, -0.05) is 225 Å². The van der Waals surface area contributed by atoms with Gasteiger partial charge in [0.1, 0.15) is 24.4 Å². The van der Waals surface area contributed by atoms with Crippen LogP contribution in [0, 0.1) is 0 Å². The summed E-state index contributed by atoms with van der Waals surface area (Å²) in [6.07, 6.45) is 43.7. The Morgan fingerprint density at radius 1 is 0.541 bits per heavy atom. The van der Waals surface area contributed by atoms with E-state index in [0.29, 0.717) is 12.8 Å². The molecule has 0 aliphatic carbocycles. The Morgan fingerprint density at radius 3 is 1.33 bits per heavy atom. The minimum atomic E-state index is -1.55. The average Bonchev–Trinajstić information content (AvgIpc) is 3.26. The van der Waals surface area contributed by atoms with E-state index in [1.165, 1.54) is 193 Å². The van der Waals surface area contributed by atoms with Crippen molar-refractivity contribution in [1.82, 2.24) is 5.32 Å². The summed E-state index contributed by atoms with van der Waals surface area (Å²) in [7, 11) is 0. The van der Waals surface area contributed by atoms with E-state index in [1.807, 2.05) is 0 Å². The largest absolute Gasteiger partial charge is 0.394 e. The number of allylic oxidation sites excluding steroid dienone is 2. The van der Waals surface area contributed by atoms with Crippen LogP contribution in [0.25, 0.3) is 0 Å². The van der Waals surface area contributed by atoms with Crippen molar-refractivity contribution in [2.45, 2.75) is 301 Å². The van der Waals surface area contributed by atoms with Crippen LogP contribution in [0.2, 0.25) is 0 Å². The molecular weight excluding hydrogens is 767 g/mol. The Kier molecular flexibility index (Phi) is 40.7. The quantitative estimate of drug-likeness (QED) is 0.0262. The number of hydrogen-bond donors (Lipinski definition) is 6. The first kappa shape index (κ1) is 57.9. The molecule has 0 aromatic rings. The summed E-state index contributed by atoms with van der Waals surface area (Å²) in [6.45, 7) is 3.86. The van der Waals surface area contributed by atoms with Crippen molar-refractivity contribution in [3.05, 3.63) is 12.2 Å². The highest BCUT2D eigenvalue weighted by atomic mass is 16.7. The fourth-order valence-electron chi connectivity index (χ4n) is 8.63. The number of aliphatic hydroxyl groups is 5. The van der Waals surface area contributed by atoms with Crippen molar-refractivity contribution in [2.24, 2.45) is 0 Å². The number of unbranched alkanes of at least 4 members (excludes halogenated alkanes) is 33. The third-order valence-electron chi connectivity index (χ3n) is 12.9. The van der Waals surface area contributed by atoms with E-state index in [-0.39, 0.29) is 12.5 Å². The van der Waals surface area contributed by atoms with E-state index in [1.54, 1.807) is 0 Å². The fraction of sp³-hybridized carbons (Fsp3) is 0.942. The number of hydrogen-bond acceptors (Lipinski definition) is 8. The molecule has 1 amide bonds. The summed E-state index contributed by atoms with van der Waals surface area (Å²) in [6, 6.07) is -0.715. The molecule has 9 heteroatoms. The molecule has 9 nitrogen and oxygen atoms in total. The monoisotopic (exact) mass is 868 g/mol. The summed E-state index contributed by atoms with van der Waals surface area (Å²) in [5.41, 5.74) is 0. The van der Waals surface area contributed by atoms with Gasteiger partial charge in [0.2, 0.25) is 5.91 Å². The number of ether oxygens (including phenoxy) is 2. The molecule has 7 atom stereocenters. The average molecular weight is 868 g/mol. The van der Waals surface area contributed by atoms with Crippen LogP contribution in [0.15, 0.2) is 12.2 Å². The van der Waals surface area contributed by atoms with Gasteiger partial charge in [0.15, 0.2) is 6.29 Å². The SMILES string of the molecule is CCCCCCCCCC/C=C\CCCCCCCCCCCCCC(=O)NC(COC1OC(CO)C(O)C(O)C1O)C(O)CCCCCCCCCCCCCCCCC. The van der Waals surface area contributed by atoms with Crippen molar-refractivity contribution >= 4 is 5.91 Å². The smallest absolute Gasteiger partial charge is 0.220 e. The maximum absolute atomic E-state index is 13.0. The van der Waals surface area contributed by atoms with Crippen LogP contribution in [0.5, 0.6) is 0 Å². The molecule has 1 aliphatic heterocycles. The molecule has 0 saturated carbocycles. The van der Waals surface area contributed by atoms with Crippen LogP contribution < -0.4 is 5.32 Å². The third-order valence-corrected chi connectivity index (χ3v) is 12.9. The molecule has 1 heterocycles. The van der Waals surface area contributed by atoms with E-state index in [4.69, 9.17) is 9.47 Å². The molecule has 1 aliphatic rings. The maximum Gasteiger partial charge on any atom is 0.220 e. The first-order chi connectivity index (χ1) is 29.8. The van der Waals surface area contributed by atoms with Crippen LogP contribution in [-0.4, -0.2) is 87.5 Å². The van der Waals surface area contributed by atoms with E-state index in [0.717, 1.165) is 38.5 Å². The minimum absolute atomic E-state index is 0.134. The Bertz CT molecular complexity index is 966. The highest BCUT2D eigenvalue weighted by Crippen LogP contribution is 2.23. The second kappa shape index (κ2) is 42.9. The molecule has 7 unspecified atom stereocenters. The Balaban J connectivity index is 2.23. The minimum Gasteiger partial charge on any atom is -0.394 e. The topological polar surface area (TPSA) is 149 Å². The molecule has 0 spiro atoms. The van der Waals surface area contributed by atoms with E-state index >= 15 is 0 Å². The second-order valence-corrected chi connectivity index (χ2v) is 18.7. The number of amides is 1. The number of nitrogens with one attached hydrogen (secondary N) is 1. The van der Waals surface area contributed by atoms with Gasteiger partial charge in [0, 0.05) is 6.42 Å². The number of carbonyl (C=O) groups is 1. The Hall–Kier alpha value is -1.07. The molecule has 0 aromatic heterocycles. The predicted molar refractivity (Wildman–Crippen MR) is 254 cm³/mol. The lowest BCUT2D eigenvalue weighted by Gasteiger charge is -2.40. The lowest BCUT2D eigenvalue weighted by atomic mass is 9.99. The summed E-state index contributed by atoms with van der Waals surface area (Å²) < 4.78 is 11.3. The molecule has 1 saturated heterocycles. The summed E-state index contributed by atoms with van der Waals surface area (Å²) in [5, 5.41) is 54.5. The van der Waals surface area contributed by atoms with E-state index < -0.39 is 49.5 Å². The van der Waals surface area contributed by atoms with Crippen molar-refractivity contribution in [1.29, 1.82) is 0 Å². The molecule has 0 aromatic carbocycles. The zero-order valence-electron chi connectivity index (χ0n) is 39.9. The van der Waals surface area contributed by atoms with Gasteiger partial charge in [-0.15, -0.1) is 0 Å². The normalized spacial score (nSPS) is 20.4. The summed E-state index contributed by atoms with van der Waals surface area (Å²) in [5.74, 6) is -0.142. The first-order valence-corrected chi connectivity index (χ1v) is 26.4. The molecule has 61 heavy (non-hydrogen) atoms. The number of aliphatic hydroxyl groups excluding tert-OH is 5. The highest BCUT2D eigenvalue weighted by molar-refractivity contribution is 5.76. The highest BCUT2D eigenvalue weighted by Gasteiger charge is 2.44. The second-order valence-electron chi connectivity index (χ2n) is 18.7. The molecule has 1 rings (SSSR count). The Labute approximate surface area is 376 Å². The van der Waals surface area contributed by atoms with Gasteiger partial charge in [-0.25, -0.2) is 0 Å². The molecule has 6 N–H and O–H groups in total. The van der Waals surface area contributed by atoms with Crippen LogP contribution in [0.1, 0.15) is 258 Å².